The minimum absolute atomic E-state index is 0. The van der Waals surface area contributed by atoms with Crippen molar-refractivity contribution < 1.29 is 10.2 Å². The second-order valence-electron chi connectivity index (χ2n) is 4.95. The van der Waals surface area contributed by atoms with Gasteiger partial charge in [-0.05, 0) is 19.1 Å². The molecular weight excluding hydrogens is 266 g/mol. The number of nitrogens with zero attached hydrogens (tertiary/aromatic N) is 1. The number of hydrogen-bond donors (Lipinski definition) is 4. The minimum Gasteiger partial charge on any atom is -0.389 e. The number of aliphatic hydroxyl groups is 2. The third kappa shape index (κ3) is 2.60. The van der Waals surface area contributed by atoms with Crippen molar-refractivity contribution >= 4 is 23.4 Å². The maximum absolute atomic E-state index is 9.91. The molecule has 0 radical (unpaired) electrons. The van der Waals surface area contributed by atoms with Crippen LogP contribution in [0.5, 0.6) is 0 Å². The maximum Gasteiger partial charge on any atom is 0.108 e. The van der Waals surface area contributed by atoms with Crippen molar-refractivity contribution in [1.29, 1.82) is 0 Å². The Hall–Kier alpha value is -1.14. The summed E-state index contributed by atoms with van der Waals surface area (Å²) < 4.78 is 0. The number of para-hydroxylation sites is 2. The smallest absolute Gasteiger partial charge is 0.108 e. The number of hydrogen-bond acceptors (Lipinski definition) is 4. The van der Waals surface area contributed by atoms with E-state index in [1.54, 1.807) is 0 Å². The first kappa shape index (κ1) is 14.3. The zero-order chi connectivity index (χ0) is 12.7. The number of fused-ring (bicyclic) bond motifs is 1. The van der Waals surface area contributed by atoms with Crippen molar-refractivity contribution in [3.8, 4) is 0 Å². The van der Waals surface area contributed by atoms with Gasteiger partial charge in [0.05, 0.1) is 23.2 Å². The fraction of sp³-hybridized carbons (Fsp3) is 0.462. The van der Waals surface area contributed by atoms with Crippen LogP contribution in [0.2, 0.25) is 0 Å². The highest BCUT2D eigenvalue weighted by Crippen LogP contribution is 2.18. The number of aromatic nitrogens is 2. The molecular formula is C13H18ClN3O2. The average molecular weight is 284 g/mol. The van der Waals surface area contributed by atoms with Crippen LogP contribution in [0, 0.1) is 0 Å². The lowest BCUT2D eigenvalue weighted by Gasteiger charge is -2.14. The minimum atomic E-state index is -0.742. The van der Waals surface area contributed by atoms with Crippen LogP contribution < -0.4 is 5.32 Å². The van der Waals surface area contributed by atoms with E-state index in [1.165, 1.54) is 0 Å². The first-order chi connectivity index (χ1) is 8.65. The Bertz CT molecular complexity index is 527. The number of H-pyrrole nitrogens is 1. The molecule has 19 heavy (non-hydrogen) atoms. The first-order valence-corrected chi connectivity index (χ1v) is 6.21. The molecule has 3 rings (SSSR count). The zero-order valence-electron chi connectivity index (χ0n) is 10.6. The normalized spacial score (nSPS) is 30.5. The summed E-state index contributed by atoms with van der Waals surface area (Å²) in [4.78, 5) is 7.70. The summed E-state index contributed by atoms with van der Waals surface area (Å²) >= 11 is 0. The third-order valence-electron chi connectivity index (χ3n) is 3.60. The van der Waals surface area contributed by atoms with Gasteiger partial charge < -0.3 is 20.5 Å². The Morgan fingerprint density at radius 2 is 1.95 bits per heavy atom. The van der Waals surface area contributed by atoms with Gasteiger partial charge in [0.25, 0.3) is 0 Å². The van der Waals surface area contributed by atoms with Crippen molar-refractivity contribution in [3.05, 3.63) is 30.1 Å². The molecule has 0 spiro atoms. The molecule has 1 saturated heterocycles. The van der Waals surface area contributed by atoms with Gasteiger partial charge in [0.2, 0.25) is 0 Å². The van der Waals surface area contributed by atoms with E-state index < -0.39 is 12.2 Å². The van der Waals surface area contributed by atoms with E-state index in [-0.39, 0.29) is 24.5 Å². The van der Waals surface area contributed by atoms with Crippen LogP contribution in [-0.4, -0.2) is 44.5 Å². The predicted molar refractivity (Wildman–Crippen MR) is 75.4 cm³/mol. The summed E-state index contributed by atoms with van der Waals surface area (Å²) in [5.74, 6) is 0.828. The number of benzene rings is 1. The van der Waals surface area contributed by atoms with Gasteiger partial charge in [-0.3, -0.25) is 0 Å². The summed E-state index contributed by atoms with van der Waals surface area (Å²) in [5, 5.41) is 22.8. The summed E-state index contributed by atoms with van der Waals surface area (Å²) in [7, 11) is 0. The van der Waals surface area contributed by atoms with Gasteiger partial charge in [0.15, 0.2) is 0 Å². The van der Waals surface area contributed by atoms with Crippen LogP contribution in [0.25, 0.3) is 11.0 Å². The highest BCUT2D eigenvalue weighted by molar-refractivity contribution is 5.85. The molecule has 4 N–H and O–H groups in total. The molecule has 1 aromatic heterocycles. The highest BCUT2D eigenvalue weighted by atomic mass is 35.5. The van der Waals surface area contributed by atoms with Gasteiger partial charge in [-0.2, -0.15) is 0 Å². The molecule has 0 saturated carbocycles. The Kier molecular flexibility index (Phi) is 4.10. The van der Waals surface area contributed by atoms with Crippen LogP contribution in [0.15, 0.2) is 24.3 Å². The van der Waals surface area contributed by atoms with Crippen LogP contribution in [0.1, 0.15) is 12.7 Å². The molecule has 4 atom stereocenters. The molecule has 0 amide bonds. The first-order valence-electron chi connectivity index (χ1n) is 6.21. The highest BCUT2D eigenvalue weighted by Gasteiger charge is 2.38. The molecule has 6 heteroatoms. The summed E-state index contributed by atoms with van der Waals surface area (Å²) in [6.45, 7) is 1.87. The lowest BCUT2D eigenvalue weighted by atomic mass is 10.1. The van der Waals surface area contributed by atoms with E-state index in [0.717, 1.165) is 16.9 Å². The van der Waals surface area contributed by atoms with E-state index in [4.69, 9.17) is 0 Å². The molecule has 1 aromatic carbocycles. The van der Waals surface area contributed by atoms with E-state index >= 15 is 0 Å². The number of rotatable bonds is 2. The van der Waals surface area contributed by atoms with Crippen LogP contribution in [-0.2, 0) is 6.42 Å². The molecule has 2 aromatic rings. The van der Waals surface area contributed by atoms with Gasteiger partial charge in [0, 0.05) is 18.5 Å². The van der Waals surface area contributed by atoms with E-state index in [1.807, 2.05) is 31.2 Å². The third-order valence-corrected chi connectivity index (χ3v) is 3.60. The largest absolute Gasteiger partial charge is 0.389 e. The number of nitrogens with one attached hydrogen (secondary N) is 2. The van der Waals surface area contributed by atoms with Gasteiger partial charge in [-0.15, -0.1) is 12.4 Å². The van der Waals surface area contributed by atoms with Gasteiger partial charge in [-0.1, -0.05) is 12.1 Å². The topological polar surface area (TPSA) is 81.2 Å². The summed E-state index contributed by atoms with van der Waals surface area (Å²) in [6.07, 6.45) is -0.871. The van der Waals surface area contributed by atoms with Crippen molar-refractivity contribution in [2.24, 2.45) is 0 Å². The standard InChI is InChI=1S/C13H17N3O2.ClH/c1-7-12(17)13(18)10(14-7)6-11-15-8-4-2-3-5-9(8)16-11;/h2-5,7,10,12-14,17-18H,6H2,1H3,(H,15,16);1H/t7-,10-,12-,13+;/m1./s1. The monoisotopic (exact) mass is 283 g/mol. The Morgan fingerprint density at radius 1 is 1.21 bits per heavy atom. The maximum atomic E-state index is 9.91. The molecule has 0 aliphatic carbocycles. The zero-order valence-corrected chi connectivity index (χ0v) is 11.4. The van der Waals surface area contributed by atoms with Crippen LogP contribution in [0.3, 0.4) is 0 Å². The molecule has 0 unspecified atom stereocenters. The fourth-order valence-corrected chi connectivity index (χ4v) is 2.56. The quantitative estimate of drug-likeness (QED) is 0.651. The Labute approximate surface area is 117 Å². The molecule has 2 heterocycles. The van der Waals surface area contributed by atoms with Crippen molar-refractivity contribution in [3.63, 3.8) is 0 Å². The molecule has 1 fully saturated rings. The second-order valence-corrected chi connectivity index (χ2v) is 4.95. The summed E-state index contributed by atoms with van der Waals surface area (Å²) in [6, 6.07) is 7.58. The van der Waals surface area contributed by atoms with Gasteiger partial charge >= 0.3 is 0 Å². The molecule has 1 aliphatic rings. The Balaban J connectivity index is 0.00000133. The SMILES string of the molecule is C[C@H]1N[C@H](Cc2nc3ccccc3[nH]2)[C@H](O)[C@@H]1O.Cl. The molecule has 0 bridgehead atoms. The average Bonchev–Trinajstić information content (AvgIpc) is 2.87. The van der Waals surface area contributed by atoms with Crippen LogP contribution >= 0.6 is 12.4 Å². The second kappa shape index (κ2) is 5.46. The van der Waals surface area contributed by atoms with Crippen molar-refractivity contribution in [1.82, 2.24) is 15.3 Å². The van der Waals surface area contributed by atoms with Gasteiger partial charge in [-0.25, -0.2) is 4.98 Å². The summed E-state index contributed by atoms with van der Waals surface area (Å²) in [5.41, 5.74) is 1.92. The molecule has 1 aliphatic heterocycles. The van der Waals surface area contributed by atoms with Crippen molar-refractivity contribution in [2.45, 2.75) is 37.6 Å². The molecule has 5 nitrogen and oxygen atoms in total. The Morgan fingerprint density at radius 3 is 2.58 bits per heavy atom. The predicted octanol–water partition coefficient (Wildman–Crippen LogP) is 0.609. The lowest BCUT2D eigenvalue weighted by molar-refractivity contribution is 0.0302. The lowest BCUT2D eigenvalue weighted by Crippen LogP contribution is -2.35. The van der Waals surface area contributed by atoms with Crippen LogP contribution in [0.4, 0.5) is 0 Å². The van der Waals surface area contributed by atoms with E-state index in [0.29, 0.717) is 6.42 Å². The number of aliphatic hydroxyl groups excluding tert-OH is 2. The number of imidazole rings is 1. The fourth-order valence-electron chi connectivity index (χ4n) is 2.56. The number of aromatic amines is 1. The van der Waals surface area contributed by atoms with E-state index in [2.05, 4.69) is 15.3 Å². The van der Waals surface area contributed by atoms with E-state index in [9.17, 15) is 10.2 Å². The van der Waals surface area contributed by atoms with Crippen molar-refractivity contribution in [2.75, 3.05) is 0 Å². The van der Waals surface area contributed by atoms with Gasteiger partial charge in [0.1, 0.15) is 5.82 Å². The molecule has 104 valence electrons. The number of halogens is 1.